The molecule has 0 amide bonds. The zero-order valence-corrected chi connectivity index (χ0v) is 13.0. The van der Waals surface area contributed by atoms with Crippen LogP contribution in [-0.2, 0) is 5.21 Å². The summed E-state index contributed by atoms with van der Waals surface area (Å²) in [6.07, 6.45) is 0.806. The first-order valence-corrected chi connectivity index (χ1v) is 7.00. The van der Waals surface area contributed by atoms with Crippen LogP contribution in [0.25, 0.3) is 0 Å². The number of carboxylic acid groups (broad SMARTS) is 1. The smallest absolute Gasteiger partial charge is 0.335 e. The largest absolute Gasteiger partial charge is 0.478 e. The first-order chi connectivity index (χ1) is 9.56. The molecule has 0 bridgehead atoms. The Hall–Kier alpha value is -1.43. The highest BCUT2D eigenvalue weighted by atomic mass is 16.5. The van der Waals surface area contributed by atoms with Gasteiger partial charge >= 0.3 is 5.97 Å². The van der Waals surface area contributed by atoms with Crippen LogP contribution in [0.5, 0.6) is 0 Å². The Labute approximate surface area is 125 Å². The first kappa shape index (κ1) is 17.6. The third-order valence-corrected chi connectivity index (χ3v) is 3.59. The van der Waals surface area contributed by atoms with Crippen LogP contribution in [0, 0.1) is 0 Å². The fraction of sp³-hybridized carbons (Fsp3) is 0.562. The third-order valence-electron chi connectivity index (χ3n) is 3.59. The highest BCUT2D eigenvalue weighted by Gasteiger charge is 2.45. The van der Waals surface area contributed by atoms with E-state index in [0.29, 0.717) is 18.4 Å². The van der Waals surface area contributed by atoms with E-state index in [9.17, 15) is 15.1 Å². The van der Waals surface area contributed by atoms with Crippen LogP contribution >= 0.6 is 0 Å². The predicted molar refractivity (Wildman–Crippen MR) is 79.3 cm³/mol. The van der Waals surface area contributed by atoms with Crippen molar-refractivity contribution in [2.45, 2.75) is 57.7 Å². The zero-order valence-electron chi connectivity index (χ0n) is 13.0. The van der Waals surface area contributed by atoms with E-state index in [0.717, 1.165) is 5.06 Å². The topological polar surface area (TPSA) is 80.7 Å². The van der Waals surface area contributed by atoms with Gasteiger partial charge in [-0.3, -0.25) is 0 Å². The SMILES string of the molecule is CC1(C)CC(O)CC(C)(C)N1[O].O=C(O)c1ccccc1. The predicted octanol–water partition coefficient (Wildman–Crippen LogP) is 2.73. The molecular formula is C16H24NO4. The van der Waals surface area contributed by atoms with E-state index in [2.05, 4.69) is 0 Å². The summed E-state index contributed by atoms with van der Waals surface area (Å²) in [6.45, 7) is 7.52. The number of piperidine rings is 1. The summed E-state index contributed by atoms with van der Waals surface area (Å²) in [5.41, 5.74) is -0.528. The number of rotatable bonds is 1. The van der Waals surface area contributed by atoms with Gasteiger partial charge in [-0.25, -0.2) is 4.79 Å². The molecule has 1 aliphatic rings. The summed E-state index contributed by atoms with van der Waals surface area (Å²) >= 11 is 0. The maximum atomic E-state index is 11.7. The molecule has 0 atom stereocenters. The van der Waals surface area contributed by atoms with Gasteiger partial charge in [0.2, 0.25) is 0 Å². The average Bonchev–Trinajstić information content (AvgIpc) is 2.36. The minimum absolute atomic E-state index is 0.331. The maximum absolute atomic E-state index is 11.7. The standard InChI is InChI=1S/C9H18NO2.C7H6O2/c1-8(2)5-7(11)6-9(3,4)10(8)12;8-7(9)6-4-2-1-3-5-6/h7,11H,5-6H2,1-4H3;1-5H,(H,8,9). The molecule has 0 spiro atoms. The van der Waals surface area contributed by atoms with Crippen molar-refractivity contribution in [1.29, 1.82) is 0 Å². The molecule has 21 heavy (non-hydrogen) atoms. The Morgan fingerprint density at radius 2 is 1.52 bits per heavy atom. The molecule has 1 aromatic carbocycles. The number of hydrogen-bond acceptors (Lipinski definition) is 3. The minimum Gasteiger partial charge on any atom is -0.478 e. The fourth-order valence-electron chi connectivity index (χ4n) is 2.79. The van der Waals surface area contributed by atoms with Crippen LogP contribution in [0.15, 0.2) is 30.3 Å². The Morgan fingerprint density at radius 3 is 1.86 bits per heavy atom. The van der Waals surface area contributed by atoms with Crippen molar-refractivity contribution in [1.82, 2.24) is 5.06 Å². The molecule has 2 N–H and O–H groups in total. The summed E-state index contributed by atoms with van der Waals surface area (Å²) in [6, 6.07) is 8.30. The molecule has 1 fully saturated rings. The number of benzene rings is 1. The van der Waals surface area contributed by atoms with Gasteiger partial charge in [-0.2, -0.15) is 0 Å². The van der Waals surface area contributed by atoms with Gasteiger partial charge in [-0.1, -0.05) is 18.2 Å². The number of carbonyl (C=O) groups is 1. The normalized spacial score (nSPS) is 21.2. The molecule has 0 aliphatic carbocycles. The number of carboxylic acids is 1. The van der Waals surface area contributed by atoms with Gasteiger partial charge in [0.1, 0.15) is 0 Å². The van der Waals surface area contributed by atoms with Gasteiger partial charge in [0, 0.05) is 11.1 Å². The van der Waals surface area contributed by atoms with Crippen molar-refractivity contribution < 1.29 is 20.2 Å². The Morgan fingerprint density at radius 1 is 1.10 bits per heavy atom. The first-order valence-electron chi connectivity index (χ1n) is 7.00. The van der Waals surface area contributed by atoms with E-state index in [4.69, 9.17) is 5.11 Å². The molecule has 0 saturated carbocycles. The van der Waals surface area contributed by atoms with Crippen molar-refractivity contribution in [3.05, 3.63) is 35.9 Å². The van der Waals surface area contributed by atoms with E-state index in [1.807, 2.05) is 27.7 Å². The zero-order chi connectivity index (χ0) is 16.3. The van der Waals surface area contributed by atoms with E-state index in [1.165, 1.54) is 0 Å². The van der Waals surface area contributed by atoms with Gasteiger partial charge in [-0.05, 0) is 52.7 Å². The van der Waals surface area contributed by atoms with Crippen LogP contribution < -0.4 is 0 Å². The van der Waals surface area contributed by atoms with Crippen molar-refractivity contribution in [3.8, 4) is 0 Å². The molecule has 2 rings (SSSR count). The molecule has 1 heterocycles. The van der Waals surface area contributed by atoms with Crippen LogP contribution in [0.2, 0.25) is 0 Å². The molecular weight excluding hydrogens is 270 g/mol. The van der Waals surface area contributed by atoms with Gasteiger partial charge in [0.15, 0.2) is 0 Å². The van der Waals surface area contributed by atoms with Crippen LogP contribution in [-0.4, -0.2) is 38.4 Å². The molecule has 1 saturated heterocycles. The second-order valence-electron chi connectivity index (χ2n) is 6.65. The summed E-state index contributed by atoms with van der Waals surface area (Å²) in [7, 11) is 0. The summed E-state index contributed by atoms with van der Waals surface area (Å²) < 4.78 is 0. The highest BCUT2D eigenvalue weighted by Crippen LogP contribution is 2.36. The second-order valence-corrected chi connectivity index (χ2v) is 6.65. The lowest BCUT2D eigenvalue weighted by Crippen LogP contribution is -2.59. The summed E-state index contributed by atoms with van der Waals surface area (Å²) in [4.78, 5) is 10.2. The maximum Gasteiger partial charge on any atom is 0.335 e. The average molecular weight is 294 g/mol. The Bertz CT molecular complexity index is 452. The molecule has 5 nitrogen and oxygen atoms in total. The lowest BCUT2D eigenvalue weighted by atomic mass is 9.80. The van der Waals surface area contributed by atoms with Gasteiger partial charge < -0.3 is 10.2 Å². The molecule has 0 aromatic heterocycles. The molecule has 1 aliphatic heterocycles. The summed E-state index contributed by atoms with van der Waals surface area (Å²) in [5.74, 6) is -0.879. The van der Waals surface area contributed by atoms with Gasteiger partial charge in [0.05, 0.1) is 11.7 Å². The number of aliphatic hydroxyl groups excluding tert-OH is 1. The lowest BCUT2D eigenvalue weighted by Gasteiger charge is -2.48. The quantitative estimate of drug-likeness (QED) is 0.834. The van der Waals surface area contributed by atoms with E-state index < -0.39 is 17.0 Å². The highest BCUT2D eigenvalue weighted by molar-refractivity contribution is 5.87. The van der Waals surface area contributed by atoms with Crippen LogP contribution in [0.1, 0.15) is 50.9 Å². The number of hydrogen-bond donors (Lipinski definition) is 2. The van der Waals surface area contributed by atoms with Gasteiger partial charge in [0.25, 0.3) is 0 Å². The lowest BCUT2D eigenvalue weighted by molar-refractivity contribution is -0.298. The van der Waals surface area contributed by atoms with E-state index in [-0.39, 0.29) is 6.10 Å². The molecule has 1 aromatic rings. The van der Waals surface area contributed by atoms with Crippen LogP contribution in [0.4, 0.5) is 0 Å². The number of aromatic carboxylic acids is 1. The Kier molecular flexibility index (Phi) is 5.50. The molecule has 1 radical (unpaired) electrons. The number of hydroxylamine groups is 2. The fourth-order valence-corrected chi connectivity index (χ4v) is 2.79. The number of nitrogens with zero attached hydrogens (tertiary/aromatic N) is 1. The van der Waals surface area contributed by atoms with Gasteiger partial charge in [-0.15, -0.1) is 10.3 Å². The Balaban J connectivity index is 0.000000219. The second kappa shape index (κ2) is 6.56. The third kappa shape index (κ3) is 4.81. The van der Waals surface area contributed by atoms with Crippen molar-refractivity contribution >= 4 is 5.97 Å². The monoisotopic (exact) mass is 294 g/mol. The van der Waals surface area contributed by atoms with Crippen molar-refractivity contribution in [3.63, 3.8) is 0 Å². The van der Waals surface area contributed by atoms with Crippen LogP contribution in [0.3, 0.4) is 0 Å². The minimum atomic E-state index is -0.879. The summed E-state index contributed by atoms with van der Waals surface area (Å²) in [5, 5.41) is 30.8. The molecule has 0 unspecified atom stereocenters. The molecule has 5 heteroatoms. The van der Waals surface area contributed by atoms with E-state index in [1.54, 1.807) is 30.3 Å². The van der Waals surface area contributed by atoms with Crippen molar-refractivity contribution in [2.75, 3.05) is 0 Å². The van der Waals surface area contributed by atoms with Crippen molar-refractivity contribution in [2.24, 2.45) is 0 Å². The molecule has 117 valence electrons. The number of aliphatic hydroxyl groups is 1. The van der Waals surface area contributed by atoms with E-state index >= 15 is 0 Å².